The minimum Gasteiger partial charge on any atom is -0.481 e. The van der Waals surface area contributed by atoms with Gasteiger partial charge in [-0.1, -0.05) is 48.5 Å². The first kappa shape index (κ1) is 23.0. The molecule has 2 amide bonds. The Morgan fingerprint density at radius 3 is 2.32 bits per heavy atom. The van der Waals surface area contributed by atoms with Gasteiger partial charge < -0.3 is 20.5 Å². The largest absolute Gasteiger partial charge is 0.481 e. The van der Waals surface area contributed by atoms with Crippen molar-refractivity contribution >= 4 is 18.0 Å². The van der Waals surface area contributed by atoms with Crippen LogP contribution in [0.25, 0.3) is 11.1 Å². The summed E-state index contributed by atoms with van der Waals surface area (Å²) in [5, 5.41) is 18.3. The van der Waals surface area contributed by atoms with E-state index < -0.39 is 30.4 Å². The summed E-state index contributed by atoms with van der Waals surface area (Å²) < 4.78 is 7.10. The number of nitrogens with zero attached hydrogens (tertiary/aromatic N) is 2. The van der Waals surface area contributed by atoms with Crippen LogP contribution in [0.5, 0.6) is 0 Å². The SMILES string of the molecule is Cn1cc(CCNC(=O)C(CC(=O)O)NC(=O)OCC2c3ccccc3-c3ccccc32)cn1. The van der Waals surface area contributed by atoms with Crippen molar-refractivity contribution in [3.63, 3.8) is 0 Å². The van der Waals surface area contributed by atoms with Crippen molar-refractivity contribution < 1.29 is 24.2 Å². The molecule has 176 valence electrons. The van der Waals surface area contributed by atoms with Crippen molar-refractivity contribution in [3.8, 4) is 11.1 Å². The highest BCUT2D eigenvalue weighted by Crippen LogP contribution is 2.44. The molecule has 1 aliphatic carbocycles. The molecule has 0 fully saturated rings. The molecule has 0 spiro atoms. The minimum absolute atomic E-state index is 0.0717. The summed E-state index contributed by atoms with van der Waals surface area (Å²) in [6.07, 6.45) is 2.66. The van der Waals surface area contributed by atoms with E-state index in [1.54, 1.807) is 17.9 Å². The lowest BCUT2D eigenvalue weighted by molar-refractivity contribution is -0.139. The maximum atomic E-state index is 12.5. The van der Waals surface area contributed by atoms with Gasteiger partial charge in [0.25, 0.3) is 0 Å². The molecule has 4 rings (SSSR count). The van der Waals surface area contributed by atoms with Crippen LogP contribution in [0.2, 0.25) is 0 Å². The Morgan fingerprint density at radius 2 is 1.74 bits per heavy atom. The van der Waals surface area contributed by atoms with Crippen molar-refractivity contribution in [2.75, 3.05) is 13.2 Å². The van der Waals surface area contributed by atoms with E-state index in [1.165, 1.54) is 0 Å². The molecular weight excluding hydrogens is 436 g/mol. The van der Waals surface area contributed by atoms with Gasteiger partial charge in [-0.2, -0.15) is 5.10 Å². The van der Waals surface area contributed by atoms with E-state index >= 15 is 0 Å². The highest BCUT2D eigenvalue weighted by Gasteiger charge is 2.30. The van der Waals surface area contributed by atoms with Crippen LogP contribution in [0.1, 0.15) is 29.0 Å². The van der Waals surface area contributed by atoms with Crippen LogP contribution in [-0.2, 0) is 27.8 Å². The first-order valence-electron chi connectivity index (χ1n) is 11.0. The lowest BCUT2D eigenvalue weighted by Crippen LogP contribution is -2.48. The molecule has 1 aromatic heterocycles. The maximum Gasteiger partial charge on any atom is 0.407 e. The number of aliphatic carboxylic acids is 1. The van der Waals surface area contributed by atoms with Gasteiger partial charge in [0.1, 0.15) is 12.6 Å². The number of benzene rings is 2. The van der Waals surface area contributed by atoms with Gasteiger partial charge in [-0.15, -0.1) is 0 Å². The second-order valence-electron chi connectivity index (χ2n) is 8.18. The number of amides is 2. The zero-order valence-corrected chi connectivity index (χ0v) is 18.7. The monoisotopic (exact) mass is 462 g/mol. The highest BCUT2D eigenvalue weighted by atomic mass is 16.5. The molecular formula is C25H26N4O5. The smallest absolute Gasteiger partial charge is 0.407 e. The standard InChI is InChI=1S/C25H26N4O5/c1-29-14-16(13-27-29)10-11-26-24(32)22(12-23(30)31)28-25(33)34-15-21-19-8-4-2-6-17(19)18-7-3-5-9-20(18)21/h2-9,13-14,21-22H,10-12,15H2,1H3,(H,26,32)(H,28,33)(H,30,31). The molecule has 0 aliphatic heterocycles. The molecule has 34 heavy (non-hydrogen) atoms. The summed E-state index contributed by atoms with van der Waals surface area (Å²) in [5.41, 5.74) is 5.26. The van der Waals surface area contributed by atoms with Gasteiger partial charge in [-0.05, 0) is 34.2 Å². The van der Waals surface area contributed by atoms with Crippen molar-refractivity contribution in [2.24, 2.45) is 7.05 Å². The second-order valence-corrected chi connectivity index (χ2v) is 8.18. The van der Waals surface area contributed by atoms with Crippen LogP contribution in [0.15, 0.2) is 60.9 Å². The Kier molecular flexibility index (Phi) is 6.91. The third-order valence-corrected chi connectivity index (χ3v) is 5.80. The average molecular weight is 463 g/mol. The number of carbonyl (C=O) groups excluding carboxylic acids is 2. The van der Waals surface area contributed by atoms with E-state index in [1.807, 2.05) is 54.7 Å². The first-order chi connectivity index (χ1) is 16.4. The van der Waals surface area contributed by atoms with E-state index in [2.05, 4.69) is 15.7 Å². The number of carbonyl (C=O) groups is 3. The number of nitrogens with one attached hydrogen (secondary N) is 2. The van der Waals surface area contributed by atoms with Gasteiger partial charge in [0.05, 0.1) is 12.6 Å². The summed E-state index contributed by atoms with van der Waals surface area (Å²) >= 11 is 0. The van der Waals surface area contributed by atoms with Crippen LogP contribution in [0.3, 0.4) is 0 Å². The summed E-state index contributed by atoms with van der Waals surface area (Å²) in [5.74, 6) is -1.92. The number of alkyl carbamates (subject to hydrolysis) is 1. The van der Waals surface area contributed by atoms with Gasteiger partial charge in [-0.25, -0.2) is 4.79 Å². The Morgan fingerprint density at radius 1 is 1.09 bits per heavy atom. The quantitative estimate of drug-likeness (QED) is 0.449. The van der Waals surface area contributed by atoms with Crippen molar-refractivity contribution in [3.05, 3.63) is 77.6 Å². The van der Waals surface area contributed by atoms with E-state index in [0.717, 1.165) is 27.8 Å². The molecule has 1 atom stereocenters. The Bertz CT molecular complexity index is 1160. The van der Waals surface area contributed by atoms with Crippen molar-refractivity contribution in [2.45, 2.75) is 24.8 Å². The number of rotatable bonds is 9. The van der Waals surface area contributed by atoms with Gasteiger partial charge in [0.2, 0.25) is 5.91 Å². The van der Waals surface area contributed by atoms with Crippen molar-refractivity contribution in [1.29, 1.82) is 0 Å². The lowest BCUT2D eigenvalue weighted by Gasteiger charge is -2.18. The Balaban J connectivity index is 1.35. The molecule has 1 heterocycles. The van der Waals surface area contributed by atoms with E-state index in [0.29, 0.717) is 6.42 Å². The topological polar surface area (TPSA) is 123 Å². The van der Waals surface area contributed by atoms with Crippen LogP contribution in [0, 0.1) is 0 Å². The fraction of sp³-hybridized carbons (Fsp3) is 0.280. The molecule has 3 aromatic rings. The van der Waals surface area contributed by atoms with Gasteiger partial charge in [0, 0.05) is 25.7 Å². The summed E-state index contributed by atoms with van der Waals surface area (Å²) in [6, 6.07) is 14.6. The number of aryl methyl sites for hydroxylation is 1. The zero-order valence-electron chi connectivity index (χ0n) is 18.7. The number of aromatic nitrogens is 2. The number of ether oxygens (including phenoxy) is 1. The van der Waals surface area contributed by atoms with E-state index in [9.17, 15) is 19.5 Å². The molecule has 9 nitrogen and oxygen atoms in total. The maximum absolute atomic E-state index is 12.5. The number of fused-ring (bicyclic) bond motifs is 3. The number of carboxylic acids is 1. The summed E-state index contributed by atoms with van der Waals surface area (Å²) in [7, 11) is 1.79. The summed E-state index contributed by atoms with van der Waals surface area (Å²) in [6.45, 7) is 0.356. The third-order valence-electron chi connectivity index (χ3n) is 5.80. The predicted molar refractivity (Wildman–Crippen MR) is 124 cm³/mol. The number of carboxylic acid groups (broad SMARTS) is 1. The van der Waals surface area contributed by atoms with Crippen molar-refractivity contribution in [1.82, 2.24) is 20.4 Å². The Labute approximate surface area is 196 Å². The fourth-order valence-electron chi connectivity index (χ4n) is 4.22. The zero-order chi connectivity index (χ0) is 24.1. The molecule has 1 unspecified atom stereocenters. The Hall–Kier alpha value is -4.14. The molecule has 0 saturated heterocycles. The van der Waals surface area contributed by atoms with Gasteiger partial charge in [0.15, 0.2) is 0 Å². The van der Waals surface area contributed by atoms with Crippen LogP contribution < -0.4 is 10.6 Å². The molecule has 0 radical (unpaired) electrons. The van der Waals surface area contributed by atoms with E-state index in [-0.39, 0.29) is 19.1 Å². The lowest BCUT2D eigenvalue weighted by atomic mass is 9.98. The van der Waals surface area contributed by atoms with E-state index in [4.69, 9.17) is 4.74 Å². The molecule has 3 N–H and O–H groups in total. The highest BCUT2D eigenvalue weighted by molar-refractivity contribution is 5.89. The first-order valence-corrected chi connectivity index (χ1v) is 11.0. The molecule has 1 aliphatic rings. The predicted octanol–water partition coefficient (Wildman–Crippen LogP) is 2.46. The second kappa shape index (κ2) is 10.2. The average Bonchev–Trinajstić information content (AvgIpc) is 3.37. The van der Waals surface area contributed by atoms with Gasteiger partial charge >= 0.3 is 12.1 Å². The van der Waals surface area contributed by atoms with Crippen LogP contribution >= 0.6 is 0 Å². The molecule has 2 aromatic carbocycles. The van der Waals surface area contributed by atoms with Crippen LogP contribution in [-0.4, -0.2) is 52.1 Å². The molecule has 0 bridgehead atoms. The van der Waals surface area contributed by atoms with Crippen LogP contribution in [0.4, 0.5) is 4.79 Å². The fourth-order valence-corrected chi connectivity index (χ4v) is 4.22. The minimum atomic E-state index is -1.25. The molecule has 9 heteroatoms. The van der Waals surface area contributed by atoms with Gasteiger partial charge in [-0.3, -0.25) is 14.3 Å². The molecule has 0 saturated carbocycles. The third kappa shape index (κ3) is 5.25. The number of hydrogen-bond donors (Lipinski definition) is 3. The number of hydrogen-bond acceptors (Lipinski definition) is 5. The normalized spacial score (nSPS) is 13.0. The summed E-state index contributed by atoms with van der Waals surface area (Å²) in [4.78, 5) is 36.3.